The van der Waals surface area contributed by atoms with Crippen LogP contribution in [0.15, 0.2) is 34.6 Å². The molecule has 2 aromatic heterocycles. The lowest BCUT2D eigenvalue weighted by Crippen LogP contribution is -2.27. The van der Waals surface area contributed by atoms with Crippen molar-refractivity contribution in [2.45, 2.75) is 33.7 Å². The molecule has 2 rings (SSSR count). The van der Waals surface area contributed by atoms with Gasteiger partial charge in [-0.05, 0) is 36.3 Å². The van der Waals surface area contributed by atoms with Crippen molar-refractivity contribution in [3.8, 4) is 0 Å². The molecule has 0 unspecified atom stereocenters. The summed E-state index contributed by atoms with van der Waals surface area (Å²) in [6, 6.07) is 4.50. The molecule has 0 bridgehead atoms. The molecule has 0 aliphatic rings. The lowest BCUT2D eigenvalue weighted by atomic mass is 10.0. The van der Waals surface area contributed by atoms with Crippen molar-refractivity contribution in [1.82, 2.24) is 4.57 Å². The topological polar surface area (TPSA) is 104 Å². The van der Waals surface area contributed by atoms with Gasteiger partial charge in [-0.2, -0.15) is 0 Å². The standard InChI is InChI=1S/C20H24N2O6S/c1-4-27-20(26)18-14(9-13(2)3)12-29-19(18)21-15(23)11-28-17(25)10-22-8-6-5-7-16(22)24/h5-8,12-13H,4,9-11H2,1-3H3,(H,21,23). The Labute approximate surface area is 172 Å². The zero-order valence-corrected chi connectivity index (χ0v) is 17.4. The molecule has 156 valence electrons. The second-order valence-corrected chi connectivity index (χ2v) is 7.54. The van der Waals surface area contributed by atoms with Gasteiger partial charge in [-0.1, -0.05) is 19.9 Å². The normalized spacial score (nSPS) is 10.6. The van der Waals surface area contributed by atoms with Gasteiger partial charge in [0.2, 0.25) is 0 Å². The van der Waals surface area contributed by atoms with Gasteiger partial charge in [0.25, 0.3) is 11.5 Å². The Balaban J connectivity index is 2.00. The van der Waals surface area contributed by atoms with Crippen molar-refractivity contribution in [2.75, 3.05) is 18.5 Å². The van der Waals surface area contributed by atoms with E-state index in [1.54, 1.807) is 19.1 Å². The molecule has 8 nitrogen and oxygen atoms in total. The summed E-state index contributed by atoms with van der Waals surface area (Å²) < 4.78 is 11.2. The van der Waals surface area contributed by atoms with Crippen molar-refractivity contribution in [3.05, 3.63) is 51.3 Å². The van der Waals surface area contributed by atoms with E-state index in [1.807, 2.05) is 19.2 Å². The summed E-state index contributed by atoms with van der Waals surface area (Å²) in [5.41, 5.74) is 0.796. The van der Waals surface area contributed by atoms with Gasteiger partial charge in [0, 0.05) is 12.3 Å². The molecule has 0 saturated heterocycles. The highest BCUT2D eigenvalue weighted by Gasteiger charge is 2.22. The molecule has 2 aromatic rings. The highest BCUT2D eigenvalue weighted by Crippen LogP contribution is 2.30. The fraction of sp³-hybridized carbons (Fsp3) is 0.400. The molecular weight excluding hydrogens is 396 g/mol. The van der Waals surface area contributed by atoms with Crippen LogP contribution in [-0.4, -0.2) is 35.6 Å². The first kappa shape index (κ1) is 22.4. The molecule has 0 spiro atoms. The number of rotatable bonds is 9. The summed E-state index contributed by atoms with van der Waals surface area (Å²) in [5, 5.41) is 4.78. The Bertz CT molecular complexity index is 931. The van der Waals surface area contributed by atoms with Crippen LogP contribution in [0.2, 0.25) is 0 Å². The van der Waals surface area contributed by atoms with Crippen molar-refractivity contribution >= 4 is 34.2 Å². The number of pyridine rings is 1. The monoisotopic (exact) mass is 420 g/mol. The van der Waals surface area contributed by atoms with Crippen LogP contribution in [0.25, 0.3) is 0 Å². The minimum absolute atomic E-state index is 0.222. The van der Waals surface area contributed by atoms with Crippen LogP contribution in [-0.2, 0) is 32.0 Å². The summed E-state index contributed by atoms with van der Waals surface area (Å²) in [5.74, 6) is -1.48. The van der Waals surface area contributed by atoms with E-state index in [4.69, 9.17) is 9.47 Å². The number of ether oxygens (including phenoxy) is 2. The third-order valence-electron chi connectivity index (χ3n) is 3.79. The van der Waals surface area contributed by atoms with Gasteiger partial charge in [0.05, 0.1) is 12.2 Å². The Morgan fingerprint density at radius 2 is 1.97 bits per heavy atom. The third kappa shape index (κ3) is 6.56. The van der Waals surface area contributed by atoms with Gasteiger partial charge >= 0.3 is 11.9 Å². The van der Waals surface area contributed by atoms with E-state index in [9.17, 15) is 19.2 Å². The summed E-state index contributed by atoms with van der Waals surface area (Å²) >= 11 is 1.22. The van der Waals surface area contributed by atoms with Crippen LogP contribution in [0.5, 0.6) is 0 Å². The van der Waals surface area contributed by atoms with Gasteiger partial charge in [0.1, 0.15) is 11.5 Å². The smallest absolute Gasteiger partial charge is 0.341 e. The van der Waals surface area contributed by atoms with Gasteiger partial charge < -0.3 is 19.4 Å². The van der Waals surface area contributed by atoms with Gasteiger partial charge in [0.15, 0.2) is 6.61 Å². The average molecular weight is 420 g/mol. The second kappa shape index (κ2) is 10.6. The van der Waals surface area contributed by atoms with Gasteiger partial charge in [-0.25, -0.2) is 4.79 Å². The lowest BCUT2D eigenvalue weighted by molar-refractivity contribution is -0.147. The highest BCUT2D eigenvalue weighted by molar-refractivity contribution is 7.15. The number of carbonyl (C=O) groups is 3. The van der Waals surface area contributed by atoms with E-state index in [1.165, 1.54) is 28.2 Å². The van der Waals surface area contributed by atoms with Crippen LogP contribution in [0, 0.1) is 5.92 Å². The minimum Gasteiger partial charge on any atom is -0.462 e. The Morgan fingerprint density at radius 3 is 2.62 bits per heavy atom. The SMILES string of the molecule is CCOC(=O)c1c(CC(C)C)csc1NC(=O)COC(=O)Cn1ccccc1=O. The zero-order chi connectivity index (χ0) is 21.4. The first-order valence-electron chi connectivity index (χ1n) is 9.20. The fourth-order valence-electron chi connectivity index (χ4n) is 2.59. The first-order valence-corrected chi connectivity index (χ1v) is 10.1. The van der Waals surface area contributed by atoms with E-state index >= 15 is 0 Å². The Kier molecular flexibility index (Phi) is 8.14. The third-order valence-corrected chi connectivity index (χ3v) is 4.73. The number of anilines is 1. The summed E-state index contributed by atoms with van der Waals surface area (Å²) in [4.78, 5) is 48.0. The molecule has 0 fully saturated rings. The molecule has 9 heteroatoms. The van der Waals surface area contributed by atoms with E-state index in [0.717, 1.165) is 5.56 Å². The van der Waals surface area contributed by atoms with Crippen LogP contribution in [0.1, 0.15) is 36.7 Å². The number of nitrogens with zero attached hydrogens (tertiary/aromatic N) is 1. The van der Waals surface area contributed by atoms with Crippen LogP contribution < -0.4 is 10.9 Å². The second-order valence-electron chi connectivity index (χ2n) is 6.66. The maximum atomic E-state index is 12.3. The van der Waals surface area contributed by atoms with Gasteiger partial charge in [-0.15, -0.1) is 11.3 Å². The Morgan fingerprint density at radius 1 is 1.21 bits per heavy atom. The van der Waals surface area contributed by atoms with Crippen molar-refractivity contribution in [3.63, 3.8) is 0 Å². The number of thiophene rings is 1. The molecule has 0 saturated carbocycles. The molecule has 0 aliphatic heterocycles. The van der Waals surface area contributed by atoms with Crippen LogP contribution in [0.4, 0.5) is 5.00 Å². The lowest BCUT2D eigenvalue weighted by Gasteiger charge is -2.10. The molecular formula is C20H24N2O6S. The number of aromatic nitrogens is 1. The molecule has 2 heterocycles. The van der Waals surface area contributed by atoms with Crippen LogP contribution >= 0.6 is 11.3 Å². The molecule has 1 N–H and O–H groups in total. The Hall–Kier alpha value is -2.94. The largest absolute Gasteiger partial charge is 0.462 e. The molecule has 0 atom stereocenters. The van der Waals surface area contributed by atoms with E-state index in [2.05, 4.69) is 5.32 Å². The molecule has 0 aromatic carbocycles. The number of hydrogen-bond acceptors (Lipinski definition) is 7. The number of nitrogens with one attached hydrogen (secondary N) is 1. The highest BCUT2D eigenvalue weighted by atomic mass is 32.1. The van der Waals surface area contributed by atoms with Crippen molar-refractivity contribution in [2.24, 2.45) is 5.92 Å². The molecule has 29 heavy (non-hydrogen) atoms. The number of carbonyl (C=O) groups excluding carboxylic acids is 3. The van der Waals surface area contributed by atoms with Gasteiger partial charge in [-0.3, -0.25) is 14.4 Å². The minimum atomic E-state index is -0.717. The molecule has 0 radical (unpaired) electrons. The fourth-order valence-corrected chi connectivity index (χ4v) is 3.57. The van der Waals surface area contributed by atoms with Crippen molar-refractivity contribution < 1.29 is 23.9 Å². The summed E-state index contributed by atoms with van der Waals surface area (Å²) in [6.45, 7) is 5.17. The predicted molar refractivity (Wildman–Crippen MR) is 109 cm³/mol. The maximum absolute atomic E-state index is 12.3. The number of hydrogen-bond donors (Lipinski definition) is 1. The summed E-state index contributed by atoms with van der Waals surface area (Å²) in [6.07, 6.45) is 2.12. The van der Waals surface area contributed by atoms with Crippen molar-refractivity contribution in [1.29, 1.82) is 0 Å². The average Bonchev–Trinajstić information content (AvgIpc) is 3.03. The maximum Gasteiger partial charge on any atom is 0.341 e. The quantitative estimate of drug-likeness (QED) is 0.625. The molecule has 0 aliphatic carbocycles. The van der Waals surface area contributed by atoms with E-state index in [-0.39, 0.29) is 18.7 Å². The zero-order valence-electron chi connectivity index (χ0n) is 16.6. The molecule has 1 amide bonds. The number of esters is 2. The van der Waals surface area contributed by atoms with E-state index < -0.39 is 24.5 Å². The number of amides is 1. The first-order chi connectivity index (χ1) is 13.8. The predicted octanol–water partition coefficient (Wildman–Crippen LogP) is 2.47. The van der Waals surface area contributed by atoms with Crippen LogP contribution in [0.3, 0.4) is 0 Å². The van der Waals surface area contributed by atoms with E-state index in [0.29, 0.717) is 22.9 Å². The summed E-state index contributed by atoms with van der Waals surface area (Å²) in [7, 11) is 0.